The molecule has 0 bridgehead atoms. The Hall–Kier alpha value is -3.79. The van der Waals surface area contributed by atoms with E-state index in [1.807, 2.05) is 42.6 Å². The highest BCUT2D eigenvalue weighted by atomic mass is 32.1. The maximum absolute atomic E-state index is 14.2. The van der Waals surface area contributed by atoms with Gasteiger partial charge in [-0.2, -0.15) is 4.80 Å². The van der Waals surface area contributed by atoms with Crippen molar-refractivity contribution < 1.29 is 14.0 Å². The highest BCUT2D eigenvalue weighted by molar-refractivity contribution is 7.10. The van der Waals surface area contributed by atoms with Gasteiger partial charge in [0, 0.05) is 16.6 Å². The number of nitrogens with one attached hydrogen (secondary N) is 1. The van der Waals surface area contributed by atoms with Gasteiger partial charge < -0.3 is 9.73 Å². The zero-order valence-corrected chi connectivity index (χ0v) is 24.9. The third-order valence-corrected chi connectivity index (χ3v) is 9.40. The Morgan fingerprint density at radius 3 is 2.40 bits per heavy atom. The molecular formula is C32H38N6O3S. The van der Waals surface area contributed by atoms with Crippen LogP contribution in [-0.2, 0) is 16.1 Å². The van der Waals surface area contributed by atoms with Crippen molar-refractivity contribution in [3.63, 3.8) is 0 Å². The Labute approximate surface area is 250 Å². The number of nitrogens with zero attached hydrogens (tertiary/aromatic N) is 5. The fourth-order valence-corrected chi connectivity index (χ4v) is 7.10. The standard InChI is InChI=1S/C32H38N6O3S/c1-22-14-19-27(41-22)31-34-36-37(35-31)21-29(39)38(26-17-15-24(16-18-26)23-9-4-2-5-10-23)30(28-13-8-20-42-28)32(40)33-25-11-6-3-7-12-25/h8,13-20,23,25,30H,2-7,9-12,21H2,1H3,(H,33,40)/t30-/m1/s1. The van der Waals surface area contributed by atoms with Crippen molar-refractivity contribution in [1.82, 2.24) is 25.5 Å². The molecule has 1 atom stereocenters. The molecule has 1 aromatic carbocycles. The third-order valence-electron chi connectivity index (χ3n) is 8.48. The SMILES string of the molecule is Cc1ccc(-c2nnn(CC(=O)N(c3ccc(C4CCCCC4)cc3)[C@@H](C(=O)NC3CCCCC3)c3cccs3)n2)o1. The first-order valence-electron chi connectivity index (χ1n) is 15.2. The van der Waals surface area contributed by atoms with Crippen molar-refractivity contribution in [2.45, 2.75) is 95.7 Å². The first-order valence-corrected chi connectivity index (χ1v) is 16.0. The smallest absolute Gasteiger partial charge is 0.251 e. The maximum Gasteiger partial charge on any atom is 0.251 e. The van der Waals surface area contributed by atoms with Gasteiger partial charge in [-0.1, -0.05) is 56.7 Å². The van der Waals surface area contributed by atoms with Crippen LogP contribution >= 0.6 is 11.3 Å². The Kier molecular flexibility index (Phi) is 8.79. The zero-order valence-electron chi connectivity index (χ0n) is 24.1. The lowest BCUT2D eigenvalue weighted by molar-refractivity contribution is -0.127. The number of rotatable bonds is 9. The number of hydrogen-bond donors (Lipinski definition) is 1. The highest BCUT2D eigenvalue weighted by Crippen LogP contribution is 2.36. The summed E-state index contributed by atoms with van der Waals surface area (Å²) in [5.41, 5.74) is 1.97. The molecule has 9 nitrogen and oxygen atoms in total. The van der Waals surface area contributed by atoms with Gasteiger partial charge in [-0.05, 0) is 85.0 Å². The van der Waals surface area contributed by atoms with E-state index in [4.69, 9.17) is 4.42 Å². The monoisotopic (exact) mass is 586 g/mol. The Bertz CT molecular complexity index is 1470. The molecule has 0 aliphatic heterocycles. The quantitative estimate of drug-likeness (QED) is 0.238. The number of thiophene rings is 1. The van der Waals surface area contributed by atoms with E-state index in [-0.39, 0.29) is 24.4 Å². The van der Waals surface area contributed by atoms with Crippen LogP contribution in [0.2, 0.25) is 0 Å². The molecule has 220 valence electrons. The summed E-state index contributed by atoms with van der Waals surface area (Å²) in [6.07, 6.45) is 11.5. The lowest BCUT2D eigenvalue weighted by Crippen LogP contribution is -2.48. The summed E-state index contributed by atoms with van der Waals surface area (Å²) >= 11 is 1.48. The summed E-state index contributed by atoms with van der Waals surface area (Å²) in [7, 11) is 0. The average molecular weight is 587 g/mol. The summed E-state index contributed by atoms with van der Waals surface area (Å²) in [6.45, 7) is 1.67. The lowest BCUT2D eigenvalue weighted by atomic mass is 9.84. The van der Waals surface area contributed by atoms with Crippen LogP contribution in [0.15, 0.2) is 58.3 Å². The molecule has 1 N–H and O–H groups in total. The fourth-order valence-electron chi connectivity index (χ4n) is 6.29. The fraction of sp³-hybridized carbons (Fsp3) is 0.469. The summed E-state index contributed by atoms with van der Waals surface area (Å²) in [6, 6.07) is 15.0. The van der Waals surface area contributed by atoms with Crippen LogP contribution in [0.5, 0.6) is 0 Å². The van der Waals surface area contributed by atoms with Gasteiger partial charge in [0.25, 0.3) is 5.91 Å². The maximum atomic E-state index is 14.2. The molecular weight excluding hydrogens is 548 g/mol. The zero-order chi connectivity index (χ0) is 28.9. The third kappa shape index (κ3) is 6.48. The minimum absolute atomic E-state index is 0.121. The number of anilines is 1. The molecule has 2 aliphatic carbocycles. The lowest BCUT2D eigenvalue weighted by Gasteiger charge is -2.33. The number of carbonyl (C=O) groups excluding carboxylic acids is 2. The van der Waals surface area contributed by atoms with E-state index in [9.17, 15) is 9.59 Å². The summed E-state index contributed by atoms with van der Waals surface area (Å²) in [5, 5.41) is 17.8. The van der Waals surface area contributed by atoms with E-state index in [0.717, 1.165) is 36.3 Å². The van der Waals surface area contributed by atoms with Gasteiger partial charge >= 0.3 is 0 Å². The molecule has 3 heterocycles. The second-order valence-electron chi connectivity index (χ2n) is 11.5. The van der Waals surface area contributed by atoms with Gasteiger partial charge in [0.05, 0.1) is 0 Å². The normalized spacial score (nSPS) is 17.2. The van der Waals surface area contributed by atoms with Gasteiger partial charge in [-0.3, -0.25) is 14.5 Å². The van der Waals surface area contributed by atoms with E-state index in [0.29, 0.717) is 23.2 Å². The highest BCUT2D eigenvalue weighted by Gasteiger charge is 2.35. The number of aryl methyl sites for hydroxylation is 1. The van der Waals surface area contributed by atoms with Crippen molar-refractivity contribution in [3.05, 3.63) is 70.1 Å². The molecule has 2 aliphatic rings. The van der Waals surface area contributed by atoms with Gasteiger partial charge in [-0.25, -0.2) is 0 Å². The molecule has 2 fully saturated rings. The van der Waals surface area contributed by atoms with Crippen molar-refractivity contribution in [1.29, 1.82) is 0 Å². The van der Waals surface area contributed by atoms with Crippen molar-refractivity contribution in [2.75, 3.05) is 4.90 Å². The number of aromatic nitrogens is 4. The number of carbonyl (C=O) groups is 2. The Morgan fingerprint density at radius 2 is 1.74 bits per heavy atom. The molecule has 0 spiro atoms. The average Bonchev–Trinajstić information content (AvgIpc) is 3.80. The molecule has 0 unspecified atom stereocenters. The van der Waals surface area contributed by atoms with Gasteiger partial charge in [0.2, 0.25) is 11.7 Å². The summed E-state index contributed by atoms with van der Waals surface area (Å²) < 4.78 is 5.63. The second-order valence-corrected chi connectivity index (χ2v) is 12.5. The van der Waals surface area contributed by atoms with Crippen LogP contribution in [0.25, 0.3) is 11.6 Å². The minimum Gasteiger partial charge on any atom is -0.458 e. The van der Waals surface area contributed by atoms with Crippen molar-refractivity contribution >= 4 is 28.8 Å². The van der Waals surface area contributed by atoms with E-state index in [1.165, 1.54) is 60.2 Å². The first kappa shape index (κ1) is 28.3. The minimum atomic E-state index is -0.810. The number of furan rings is 1. The van der Waals surface area contributed by atoms with E-state index in [1.54, 1.807) is 11.0 Å². The summed E-state index contributed by atoms with van der Waals surface area (Å²) in [5.74, 6) is 1.63. The molecule has 0 radical (unpaired) electrons. The van der Waals surface area contributed by atoms with Crippen LogP contribution in [0.1, 0.15) is 92.4 Å². The number of hydrogen-bond acceptors (Lipinski definition) is 7. The Morgan fingerprint density at radius 1 is 1.00 bits per heavy atom. The topological polar surface area (TPSA) is 106 Å². The van der Waals surface area contributed by atoms with Crippen molar-refractivity contribution in [2.24, 2.45) is 0 Å². The van der Waals surface area contributed by atoms with Gasteiger partial charge in [0.15, 0.2) is 5.76 Å². The molecule has 3 aromatic heterocycles. The predicted molar refractivity (Wildman–Crippen MR) is 162 cm³/mol. The van der Waals surface area contributed by atoms with Crippen LogP contribution in [-0.4, -0.2) is 38.1 Å². The molecule has 6 rings (SSSR count). The molecule has 2 saturated carbocycles. The van der Waals surface area contributed by atoms with E-state index in [2.05, 4.69) is 32.9 Å². The molecule has 2 amide bonds. The van der Waals surface area contributed by atoms with Gasteiger partial charge in [-0.15, -0.1) is 21.5 Å². The van der Waals surface area contributed by atoms with Gasteiger partial charge in [0.1, 0.15) is 18.3 Å². The first-order chi connectivity index (χ1) is 20.5. The molecule has 4 aromatic rings. The largest absolute Gasteiger partial charge is 0.458 e. The van der Waals surface area contributed by atoms with Crippen LogP contribution in [0.4, 0.5) is 5.69 Å². The van der Waals surface area contributed by atoms with E-state index >= 15 is 0 Å². The van der Waals surface area contributed by atoms with Crippen LogP contribution < -0.4 is 10.2 Å². The number of tetrazole rings is 1. The molecule has 0 saturated heterocycles. The summed E-state index contributed by atoms with van der Waals surface area (Å²) in [4.78, 5) is 31.9. The van der Waals surface area contributed by atoms with E-state index < -0.39 is 6.04 Å². The number of benzene rings is 1. The number of amides is 2. The second kappa shape index (κ2) is 13.0. The van der Waals surface area contributed by atoms with Crippen LogP contribution in [0.3, 0.4) is 0 Å². The van der Waals surface area contributed by atoms with Crippen molar-refractivity contribution in [3.8, 4) is 11.6 Å². The molecule has 42 heavy (non-hydrogen) atoms. The molecule has 10 heteroatoms. The Balaban J connectivity index is 1.32. The predicted octanol–water partition coefficient (Wildman–Crippen LogP) is 6.57. The van der Waals surface area contributed by atoms with Crippen LogP contribution in [0, 0.1) is 6.92 Å².